The lowest BCUT2D eigenvalue weighted by molar-refractivity contribution is -0.0528. The lowest BCUT2D eigenvalue weighted by atomic mass is 10.3. The molecule has 13 heavy (non-hydrogen) atoms. The van der Waals surface area contributed by atoms with E-state index in [1.165, 1.54) is 6.07 Å². The standard InChI is InChI=1S/C7H3ClF2N2O/c8-6-4(3-11)1-2-5(12-6)13-7(9)10/h1-2,7H. The average Bonchev–Trinajstić information content (AvgIpc) is 2.03. The van der Waals surface area contributed by atoms with E-state index in [1.807, 2.05) is 0 Å². The fourth-order valence-electron chi connectivity index (χ4n) is 0.658. The Balaban J connectivity index is 2.91. The summed E-state index contributed by atoms with van der Waals surface area (Å²) in [5, 5.41) is 8.28. The Morgan fingerprint density at radius 2 is 2.23 bits per heavy atom. The highest BCUT2D eigenvalue weighted by molar-refractivity contribution is 6.30. The predicted octanol–water partition coefficient (Wildman–Crippen LogP) is 2.21. The average molecular weight is 205 g/mol. The number of hydrogen-bond acceptors (Lipinski definition) is 3. The van der Waals surface area contributed by atoms with E-state index in [2.05, 4.69) is 9.72 Å². The van der Waals surface area contributed by atoms with Crippen molar-refractivity contribution in [3.05, 3.63) is 22.8 Å². The first-order valence-corrected chi connectivity index (χ1v) is 3.52. The second kappa shape index (κ2) is 4.01. The van der Waals surface area contributed by atoms with Crippen LogP contribution in [0.1, 0.15) is 5.56 Å². The molecule has 1 rings (SSSR count). The van der Waals surface area contributed by atoms with Crippen LogP contribution in [0.25, 0.3) is 0 Å². The van der Waals surface area contributed by atoms with Gasteiger partial charge in [0.15, 0.2) is 5.15 Å². The minimum atomic E-state index is -2.95. The number of alkyl halides is 2. The molecule has 6 heteroatoms. The summed E-state index contributed by atoms with van der Waals surface area (Å²) >= 11 is 5.45. The van der Waals surface area contributed by atoms with Crippen LogP contribution >= 0.6 is 11.6 Å². The van der Waals surface area contributed by atoms with Crippen LogP contribution in [0.3, 0.4) is 0 Å². The number of halogens is 3. The molecule has 0 bridgehead atoms. The largest absolute Gasteiger partial charge is 0.417 e. The van der Waals surface area contributed by atoms with E-state index in [0.717, 1.165) is 6.07 Å². The molecule has 3 nitrogen and oxygen atoms in total. The summed E-state index contributed by atoms with van der Waals surface area (Å²) in [5.41, 5.74) is 0.114. The van der Waals surface area contributed by atoms with Gasteiger partial charge in [-0.05, 0) is 6.07 Å². The summed E-state index contributed by atoms with van der Waals surface area (Å²) in [4.78, 5) is 3.42. The minimum Gasteiger partial charge on any atom is -0.417 e. The Kier molecular flexibility index (Phi) is 2.98. The van der Waals surface area contributed by atoms with Crippen molar-refractivity contribution in [3.8, 4) is 11.9 Å². The van der Waals surface area contributed by atoms with Gasteiger partial charge in [0, 0.05) is 6.07 Å². The first-order valence-electron chi connectivity index (χ1n) is 3.15. The number of rotatable bonds is 2. The number of nitrogens with zero attached hydrogens (tertiary/aromatic N) is 2. The fourth-order valence-corrected chi connectivity index (χ4v) is 0.846. The van der Waals surface area contributed by atoms with Crippen LogP contribution in [0.5, 0.6) is 5.88 Å². The van der Waals surface area contributed by atoms with Crippen LogP contribution < -0.4 is 4.74 Å². The van der Waals surface area contributed by atoms with Crippen LogP contribution in [0.4, 0.5) is 8.78 Å². The second-order valence-corrected chi connectivity index (χ2v) is 2.34. The summed E-state index contributed by atoms with van der Waals surface area (Å²) in [6, 6.07) is 4.14. The van der Waals surface area contributed by atoms with Gasteiger partial charge in [0.1, 0.15) is 6.07 Å². The highest BCUT2D eigenvalue weighted by Crippen LogP contribution is 2.18. The highest BCUT2D eigenvalue weighted by atomic mass is 35.5. The summed E-state index contributed by atoms with van der Waals surface area (Å²) in [5.74, 6) is -0.306. The first-order chi connectivity index (χ1) is 6.13. The van der Waals surface area contributed by atoms with Crippen LogP contribution in [-0.2, 0) is 0 Å². The lowest BCUT2D eigenvalue weighted by Gasteiger charge is -2.02. The molecule has 0 amide bonds. The van der Waals surface area contributed by atoms with Gasteiger partial charge in [0.05, 0.1) is 5.56 Å². The summed E-state index contributed by atoms with van der Waals surface area (Å²) in [7, 11) is 0. The summed E-state index contributed by atoms with van der Waals surface area (Å²) in [6.07, 6.45) is 0. The van der Waals surface area contributed by atoms with E-state index in [-0.39, 0.29) is 16.6 Å². The second-order valence-electron chi connectivity index (χ2n) is 1.98. The van der Waals surface area contributed by atoms with E-state index < -0.39 is 6.61 Å². The molecule has 0 fully saturated rings. The van der Waals surface area contributed by atoms with Crippen molar-refractivity contribution in [2.24, 2.45) is 0 Å². The van der Waals surface area contributed by atoms with Gasteiger partial charge in [0.2, 0.25) is 5.88 Å². The third-order valence-electron chi connectivity index (χ3n) is 1.15. The number of aromatic nitrogens is 1. The molecule has 0 saturated carbocycles. The molecular weight excluding hydrogens is 202 g/mol. The van der Waals surface area contributed by atoms with Crippen molar-refractivity contribution in [1.82, 2.24) is 4.98 Å². The summed E-state index contributed by atoms with van der Waals surface area (Å²) in [6.45, 7) is -2.95. The maximum absolute atomic E-state index is 11.7. The Labute approximate surface area is 77.5 Å². The van der Waals surface area contributed by atoms with E-state index in [1.54, 1.807) is 6.07 Å². The Morgan fingerprint density at radius 1 is 1.54 bits per heavy atom. The molecule has 68 valence electrons. The van der Waals surface area contributed by atoms with Crippen molar-refractivity contribution in [1.29, 1.82) is 5.26 Å². The number of ether oxygens (including phenoxy) is 1. The molecule has 0 radical (unpaired) electrons. The van der Waals surface area contributed by atoms with Gasteiger partial charge in [-0.2, -0.15) is 14.0 Å². The van der Waals surface area contributed by atoms with Crippen molar-refractivity contribution >= 4 is 11.6 Å². The quantitative estimate of drug-likeness (QED) is 0.694. The molecule has 1 aromatic rings. The van der Waals surface area contributed by atoms with Crippen LogP contribution in [0, 0.1) is 11.3 Å². The topological polar surface area (TPSA) is 45.9 Å². The molecule has 0 aromatic carbocycles. The molecular formula is C7H3ClF2N2O. The zero-order valence-corrected chi connectivity index (χ0v) is 6.92. The Morgan fingerprint density at radius 3 is 2.69 bits per heavy atom. The number of nitriles is 1. The van der Waals surface area contributed by atoms with Crippen molar-refractivity contribution in [2.75, 3.05) is 0 Å². The van der Waals surface area contributed by atoms with Crippen LogP contribution in [0.15, 0.2) is 12.1 Å². The van der Waals surface area contributed by atoms with Gasteiger partial charge in [-0.15, -0.1) is 0 Å². The third kappa shape index (κ3) is 2.53. The third-order valence-corrected chi connectivity index (χ3v) is 1.44. The molecule has 0 atom stereocenters. The van der Waals surface area contributed by atoms with Gasteiger partial charge in [-0.1, -0.05) is 11.6 Å². The zero-order valence-electron chi connectivity index (χ0n) is 6.17. The molecule has 0 aliphatic carbocycles. The summed E-state index contributed by atoms with van der Waals surface area (Å²) < 4.78 is 27.3. The Hall–Kier alpha value is -1.41. The van der Waals surface area contributed by atoms with Crippen molar-refractivity contribution in [3.63, 3.8) is 0 Å². The van der Waals surface area contributed by atoms with Crippen LogP contribution in [-0.4, -0.2) is 11.6 Å². The SMILES string of the molecule is N#Cc1ccc(OC(F)F)nc1Cl. The fraction of sp³-hybridized carbons (Fsp3) is 0.143. The smallest absolute Gasteiger partial charge is 0.388 e. The van der Waals surface area contributed by atoms with Crippen molar-refractivity contribution in [2.45, 2.75) is 6.61 Å². The maximum atomic E-state index is 11.7. The predicted molar refractivity (Wildman–Crippen MR) is 40.6 cm³/mol. The molecule has 0 aliphatic rings. The van der Waals surface area contributed by atoms with Gasteiger partial charge in [-0.25, -0.2) is 4.98 Å². The number of hydrogen-bond donors (Lipinski definition) is 0. The van der Waals surface area contributed by atoms with Gasteiger partial charge >= 0.3 is 6.61 Å². The van der Waals surface area contributed by atoms with E-state index in [0.29, 0.717) is 0 Å². The minimum absolute atomic E-state index is 0.114. The maximum Gasteiger partial charge on any atom is 0.388 e. The molecule has 1 heterocycles. The van der Waals surface area contributed by atoms with Crippen LogP contribution in [0.2, 0.25) is 5.15 Å². The first kappa shape index (κ1) is 9.68. The monoisotopic (exact) mass is 204 g/mol. The Bertz CT molecular complexity index is 351. The van der Waals surface area contributed by atoms with E-state index in [4.69, 9.17) is 16.9 Å². The zero-order chi connectivity index (χ0) is 9.84. The van der Waals surface area contributed by atoms with Gasteiger partial charge in [-0.3, -0.25) is 0 Å². The molecule has 0 spiro atoms. The molecule has 0 saturated heterocycles. The number of pyridine rings is 1. The molecule has 0 aliphatic heterocycles. The molecule has 1 aromatic heterocycles. The molecule has 0 N–H and O–H groups in total. The molecule has 0 unspecified atom stereocenters. The van der Waals surface area contributed by atoms with E-state index in [9.17, 15) is 8.78 Å². The van der Waals surface area contributed by atoms with Gasteiger partial charge in [0.25, 0.3) is 0 Å². The highest BCUT2D eigenvalue weighted by Gasteiger charge is 2.07. The van der Waals surface area contributed by atoms with Gasteiger partial charge < -0.3 is 4.74 Å². The lowest BCUT2D eigenvalue weighted by Crippen LogP contribution is -2.03. The van der Waals surface area contributed by atoms with E-state index >= 15 is 0 Å². The normalized spacial score (nSPS) is 9.77. The van der Waals surface area contributed by atoms with Crippen molar-refractivity contribution < 1.29 is 13.5 Å².